The van der Waals surface area contributed by atoms with Crippen molar-refractivity contribution >= 4 is 60.1 Å². The molecule has 0 amide bonds. The van der Waals surface area contributed by atoms with E-state index in [-0.39, 0.29) is 0 Å². The van der Waals surface area contributed by atoms with E-state index in [4.69, 9.17) is 6.57 Å². The van der Waals surface area contributed by atoms with Crippen molar-refractivity contribution in [3.63, 3.8) is 0 Å². The zero-order valence-corrected chi connectivity index (χ0v) is 16.6. The Hall–Kier alpha value is -4.28. The fraction of sp³-hybridized carbons (Fsp3) is 0.0769. The molecule has 0 saturated carbocycles. The molecule has 0 radical (unpaired) electrons. The topological polar surface area (TPSA) is 38.0 Å². The Bertz CT molecular complexity index is 1650. The van der Waals surface area contributed by atoms with Crippen LogP contribution in [0.1, 0.15) is 5.56 Å². The second-order valence-corrected chi connectivity index (χ2v) is 7.79. The molecule has 0 aliphatic rings. The second kappa shape index (κ2) is 5.63. The predicted octanol–water partition coefficient (Wildman–Crippen LogP) is 6.55. The molecular formula is C26H16N4. The standard InChI is InChI=1S/C26H16N4/c1-28-16-5-7-18-20-9-11-21-22(26(20)30(3)24(18)13-16)10-8-19-17-6-4-15(14-27)12-23(17)29(2)25(19)21/h4-13H,2-3H3. The first-order valence-electron chi connectivity index (χ1n) is 9.76. The molecule has 0 bridgehead atoms. The SMILES string of the molecule is [C-]#[N+]c1ccc2c3ccc4c(ccc5c6ccc(C#N)cc6n(C)c54)c3n(C)c2c1. The predicted molar refractivity (Wildman–Crippen MR) is 123 cm³/mol. The highest BCUT2D eigenvalue weighted by molar-refractivity contribution is 6.25. The normalized spacial score (nSPS) is 11.6. The molecular weight excluding hydrogens is 368 g/mol. The largest absolute Gasteiger partial charge is 0.344 e. The lowest BCUT2D eigenvalue weighted by molar-refractivity contribution is 1.02. The van der Waals surface area contributed by atoms with E-state index in [1.54, 1.807) is 0 Å². The van der Waals surface area contributed by atoms with E-state index in [9.17, 15) is 5.26 Å². The Morgan fingerprint density at radius 3 is 1.70 bits per heavy atom. The number of aromatic nitrogens is 2. The number of hydrogen-bond donors (Lipinski definition) is 0. The number of rotatable bonds is 0. The minimum absolute atomic E-state index is 0.655. The van der Waals surface area contributed by atoms with E-state index in [0.717, 1.165) is 21.8 Å². The molecule has 0 fully saturated rings. The number of aryl methyl sites for hydroxylation is 2. The van der Waals surface area contributed by atoms with Crippen molar-refractivity contribution in [2.45, 2.75) is 0 Å². The van der Waals surface area contributed by atoms with E-state index in [1.807, 2.05) is 30.3 Å². The molecule has 0 aliphatic heterocycles. The fourth-order valence-corrected chi connectivity index (χ4v) is 4.97. The molecule has 6 rings (SSSR count). The van der Waals surface area contributed by atoms with Gasteiger partial charge in [0.2, 0.25) is 0 Å². The molecule has 0 atom stereocenters. The van der Waals surface area contributed by atoms with Gasteiger partial charge in [0.15, 0.2) is 5.69 Å². The number of hydrogen-bond acceptors (Lipinski definition) is 1. The average Bonchev–Trinajstić information content (AvgIpc) is 3.24. The van der Waals surface area contributed by atoms with Crippen LogP contribution in [0, 0.1) is 17.9 Å². The molecule has 140 valence electrons. The molecule has 0 aliphatic carbocycles. The van der Waals surface area contributed by atoms with Crippen LogP contribution in [0.3, 0.4) is 0 Å². The van der Waals surface area contributed by atoms with E-state index >= 15 is 0 Å². The number of nitriles is 1. The summed E-state index contributed by atoms with van der Waals surface area (Å²) in [7, 11) is 4.14. The lowest BCUT2D eigenvalue weighted by atomic mass is 10.0. The monoisotopic (exact) mass is 384 g/mol. The van der Waals surface area contributed by atoms with E-state index in [0.29, 0.717) is 11.3 Å². The van der Waals surface area contributed by atoms with Gasteiger partial charge in [-0.2, -0.15) is 5.26 Å². The van der Waals surface area contributed by atoms with Crippen LogP contribution in [0.2, 0.25) is 0 Å². The van der Waals surface area contributed by atoms with Gasteiger partial charge in [-0.15, -0.1) is 0 Å². The summed E-state index contributed by atoms with van der Waals surface area (Å²) >= 11 is 0. The Morgan fingerprint density at radius 1 is 0.700 bits per heavy atom. The molecule has 4 heteroatoms. The van der Waals surface area contributed by atoms with Gasteiger partial charge in [0.25, 0.3) is 0 Å². The van der Waals surface area contributed by atoms with Crippen LogP contribution in [0.4, 0.5) is 5.69 Å². The lowest BCUT2D eigenvalue weighted by Crippen LogP contribution is -1.91. The molecule has 2 aromatic heterocycles. The van der Waals surface area contributed by atoms with E-state index < -0.39 is 0 Å². The molecule has 6 aromatic rings. The number of fused-ring (bicyclic) bond motifs is 9. The average molecular weight is 384 g/mol. The highest BCUT2D eigenvalue weighted by atomic mass is 15.0. The molecule has 4 nitrogen and oxygen atoms in total. The van der Waals surface area contributed by atoms with Gasteiger partial charge >= 0.3 is 0 Å². The third-order valence-electron chi connectivity index (χ3n) is 6.36. The van der Waals surface area contributed by atoms with Crippen molar-refractivity contribution in [1.29, 1.82) is 5.26 Å². The molecule has 0 unspecified atom stereocenters. The van der Waals surface area contributed by atoms with Crippen molar-refractivity contribution in [2.75, 3.05) is 0 Å². The van der Waals surface area contributed by atoms with Crippen molar-refractivity contribution in [3.05, 3.63) is 77.6 Å². The van der Waals surface area contributed by atoms with Gasteiger partial charge in [-0.3, -0.25) is 0 Å². The van der Waals surface area contributed by atoms with Gasteiger partial charge in [-0.1, -0.05) is 42.5 Å². The summed E-state index contributed by atoms with van der Waals surface area (Å²) in [6.07, 6.45) is 0. The highest BCUT2D eigenvalue weighted by Gasteiger charge is 2.16. The first kappa shape index (κ1) is 16.7. The van der Waals surface area contributed by atoms with Crippen LogP contribution >= 0.6 is 0 Å². The molecule has 0 saturated heterocycles. The Labute approximate surface area is 172 Å². The molecule has 30 heavy (non-hydrogen) atoms. The van der Waals surface area contributed by atoms with Crippen LogP contribution in [0.5, 0.6) is 0 Å². The summed E-state index contributed by atoms with van der Waals surface area (Å²) in [6, 6.07) is 22.8. The maximum atomic E-state index is 9.31. The minimum Gasteiger partial charge on any atom is -0.344 e. The fourth-order valence-electron chi connectivity index (χ4n) is 4.97. The van der Waals surface area contributed by atoms with Crippen LogP contribution in [-0.2, 0) is 14.1 Å². The van der Waals surface area contributed by atoms with Crippen molar-refractivity contribution in [3.8, 4) is 6.07 Å². The zero-order valence-electron chi connectivity index (χ0n) is 16.6. The summed E-state index contributed by atoms with van der Waals surface area (Å²) in [5.41, 5.74) is 5.81. The summed E-state index contributed by atoms with van der Waals surface area (Å²) in [6.45, 7) is 7.34. The summed E-state index contributed by atoms with van der Waals surface area (Å²) in [5.74, 6) is 0. The number of benzene rings is 4. The van der Waals surface area contributed by atoms with Gasteiger partial charge < -0.3 is 9.13 Å². The quantitative estimate of drug-likeness (QED) is 0.274. The van der Waals surface area contributed by atoms with E-state index in [1.165, 1.54) is 32.6 Å². The lowest BCUT2D eigenvalue weighted by Gasteiger charge is -2.07. The van der Waals surface area contributed by atoms with Crippen LogP contribution in [0.15, 0.2) is 60.7 Å². The molecule has 0 N–H and O–H groups in total. The maximum absolute atomic E-state index is 9.31. The smallest absolute Gasteiger partial charge is 0.189 e. The first-order valence-corrected chi connectivity index (χ1v) is 9.76. The number of nitrogens with zero attached hydrogens (tertiary/aromatic N) is 4. The van der Waals surface area contributed by atoms with Crippen molar-refractivity contribution in [1.82, 2.24) is 9.13 Å². The third kappa shape index (κ3) is 1.93. The maximum Gasteiger partial charge on any atom is 0.189 e. The summed E-state index contributed by atoms with van der Waals surface area (Å²) in [5, 5.41) is 16.4. The molecule has 0 spiro atoms. The molecule has 2 heterocycles. The van der Waals surface area contributed by atoms with Crippen LogP contribution < -0.4 is 0 Å². The second-order valence-electron chi connectivity index (χ2n) is 7.79. The van der Waals surface area contributed by atoms with Crippen molar-refractivity contribution in [2.24, 2.45) is 14.1 Å². The molecule has 4 aromatic carbocycles. The van der Waals surface area contributed by atoms with Crippen LogP contribution in [0.25, 0.3) is 59.2 Å². The van der Waals surface area contributed by atoms with Gasteiger partial charge in [-0.25, -0.2) is 4.85 Å². The summed E-state index contributed by atoms with van der Waals surface area (Å²) < 4.78 is 4.39. The summed E-state index contributed by atoms with van der Waals surface area (Å²) in [4.78, 5) is 3.60. The Morgan fingerprint density at radius 2 is 1.17 bits per heavy atom. The van der Waals surface area contributed by atoms with Gasteiger partial charge in [0.1, 0.15) is 0 Å². The van der Waals surface area contributed by atoms with Crippen LogP contribution in [-0.4, -0.2) is 9.13 Å². The minimum atomic E-state index is 0.655. The first-order chi connectivity index (χ1) is 14.6. The van der Waals surface area contributed by atoms with Gasteiger partial charge in [-0.05, 0) is 18.2 Å². The Kier molecular flexibility index (Phi) is 3.12. The van der Waals surface area contributed by atoms with E-state index in [2.05, 4.69) is 64.5 Å². The zero-order chi connectivity index (χ0) is 20.6. The highest BCUT2D eigenvalue weighted by Crippen LogP contribution is 2.39. The third-order valence-corrected chi connectivity index (χ3v) is 6.36. The van der Waals surface area contributed by atoms with Gasteiger partial charge in [0.05, 0.1) is 34.8 Å². The van der Waals surface area contributed by atoms with Gasteiger partial charge in [0, 0.05) is 51.9 Å². The van der Waals surface area contributed by atoms with Crippen molar-refractivity contribution < 1.29 is 0 Å². The Balaban J connectivity index is 1.82.